The van der Waals surface area contributed by atoms with Crippen LogP contribution in [0.15, 0.2) is 0 Å². The zero-order chi connectivity index (χ0) is 13.7. The highest BCUT2D eigenvalue weighted by Gasteiger charge is 2.13. The van der Waals surface area contributed by atoms with Crippen molar-refractivity contribution in [2.45, 2.75) is 45.3 Å². The van der Waals surface area contributed by atoms with Gasteiger partial charge in [-0.15, -0.1) is 0 Å². The quantitative estimate of drug-likeness (QED) is 0.616. The van der Waals surface area contributed by atoms with Crippen molar-refractivity contribution in [3.05, 3.63) is 0 Å². The van der Waals surface area contributed by atoms with E-state index in [1.807, 2.05) is 0 Å². The van der Waals surface area contributed by atoms with E-state index in [0.717, 1.165) is 12.5 Å². The van der Waals surface area contributed by atoms with Gasteiger partial charge in [0.05, 0.1) is 24.7 Å². The van der Waals surface area contributed by atoms with Gasteiger partial charge in [-0.3, -0.25) is 8.37 Å². The molecule has 0 radical (unpaired) electrons. The third kappa shape index (κ3) is 12.1. The van der Waals surface area contributed by atoms with Crippen LogP contribution in [0.4, 0.5) is 0 Å². The topological polar surface area (TPSA) is 86.7 Å². The van der Waals surface area contributed by atoms with E-state index in [2.05, 4.69) is 0 Å². The van der Waals surface area contributed by atoms with Crippen molar-refractivity contribution in [2.24, 2.45) is 0 Å². The van der Waals surface area contributed by atoms with Crippen molar-refractivity contribution in [2.75, 3.05) is 12.5 Å². The molecule has 0 aliphatic rings. The van der Waals surface area contributed by atoms with Crippen molar-refractivity contribution in [1.29, 1.82) is 0 Å². The SMILES string of the molecule is C[C@H](CCC[C@@H](C)OS(C)(=O)=O)OS(C)(=O)=O. The van der Waals surface area contributed by atoms with E-state index in [1.165, 1.54) is 0 Å². The third-order valence-electron chi connectivity index (χ3n) is 1.90. The molecule has 0 aliphatic carbocycles. The second-order valence-electron chi connectivity index (χ2n) is 4.15. The Balaban J connectivity index is 3.85. The van der Waals surface area contributed by atoms with Gasteiger partial charge in [0.25, 0.3) is 20.2 Å². The summed E-state index contributed by atoms with van der Waals surface area (Å²) in [5, 5.41) is 0. The summed E-state index contributed by atoms with van der Waals surface area (Å²) in [6.45, 7) is 3.31. The van der Waals surface area contributed by atoms with E-state index in [0.29, 0.717) is 19.3 Å². The molecule has 8 heteroatoms. The molecule has 6 nitrogen and oxygen atoms in total. The lowest BCUT2D eigenvalue weighted by atomic mass is 10.1. The van der Waals surface area contributed by atoms with Crippen LogP contribution >= 0.6 is 0 Å². The standard InChI is InChI=1S/C9H20O6S2/c1-8(14-16(3,10)11)6-5-7-9(2)15-17(4,12)13/h8-9H,5-7H2,1-4H3/t8-,9-/m1/s1. The van der Waals surface area contributed by atoms with Gasteiger partial charge in [0.2, 0.25) is 0 Å². The molecule has 0 rings (SSSR count). The summed E-state index contributed by atoms with van der Waals surface area (Å²) in [4.78, 5) is 0. The molecule has 0 aromatic rings. The van der Waals surface area contributed by atoms with Gasteiger partial charge in [0.1, 0.15) is 0 Å². The summed E-state index contributed by atoms with van der Waals surface area (Å²) >= 11 is 0. The Morgan fingerprint density at radius 2 is 1.12 bits per heavy atom. The van der Waals surface area contributed by atoms with Crippen LogP contribution in [0, 0.1) is 0 Å². The van der Waals surface area contributed by atoms with E-state index >= 15 is 0 Å². The van der Waals surface area contributed by atoms with E-state index < -0.39 is 32.4 Å². The van der Waals surface area contributed by atoms with E-state index in [4.69, 9.17) is 8.37 Å². The van der Waals surface area contributed by atoms with Crippen molar-refractivity contribution in [1.82, 2.24) is 0 Å². The zero-order valence-electron chi connectivity index (χ0n) is 10.5. The predicted molar refractivity (Wildman–Crippen MR) is 64.6 cm³/mol. The first-order chi connectivity index (χ1) is 7.49. The van der Waals surface area contributed by atoms with E-state index in [1.54, 1.807) is 13.8 Å². The molecule has 17 heavy (non-hydrogen) atoms. The van der Waals surface area contributed by atoms with Crippen LogP contribution in [-0.2, 0) is 28.6 Å². The molecule has 0 heterocycles. The summed E-state index contributed by atoms with van der Waals surface area (Å²) in [7, 11) is -6.86. The molecular formula is C9H20O6S2. The molecule has 0 spiro atoms. The predicted octanol–water partition coefficient (Wildman–Crippen LogP) is 0.886. The molecule has 0 amide bonds. The smallest absolute Gasteiger partial charge is 0.264 e. The van der Waals surface area contributed by atoms with Gasteiger partial charge in [-0.05, 0) is 33.1 Å². The molecule has 0 bridgehead atoms. The van der Waals surface area contributed by atoms with Crippen molar-refractivity contribution in [3.63, 3.8) is 0 Å². The van der Waals surface area contributed by atoms with Crippen LogP contribution in [0.2, 0.25) is 0 Å². The van der Waals surface area contributed by atoms with Crippen LogP contribution in [0.25, 0.3) is 0 Å². The van der Waals surface area contributed by atoms with E-state index in [9.17, 15) is 16.8 Å². The molecule has 0 aromatic heterocycles. The second kappa shape index (κ2) is 6.67. The molecule has 0 fully saturated rings. The average molecular weight is 288 g/mol. The van der Waals surface area contributed by atoms with Gasteiger partial charge < -0.3 is 0 Å². The Kier molecular flexibility index (Phi) is 6.60. The zero-order valence-corrected chi connectivity index (χ0v) is 12.2. The summed E-state index contributed by atoms with van der Waals surface area (Å²) in [5.74, 6) is 0. The van der Waals surface area contributed by atoms with Gasteiger partial charge in [-0.2, -0.15) is 16.8 Å². The lowest BCUT2D eigenvalue weighted by Gasteiger charge is -2.13. The number of hydrogen-bond acceptors (Lipinski definition) is 6. The summed E-state index contributed by atoms with van der Waals surface area (Å²) < 4.78 is 52.7. The lowest BCUT2D eigenvalue weighted by Crippen LogP contribution is -2.16. The summed E-state index contributed by atoms with van der Waals surface area (Å²) in [5.41, 5.74) is 0. The maximum atomic E-state index is 10.8. The van der Waals surface area contributed by atoms with Gasteiger partial charge >= 0.3 is 0 Å². The Morgan fingerprint density at radius 1 is 0.824 bits per heavy atom. The minimum absolute atomic E-state index is 0.407. The highest BCUT2D eigenvalue weighted by atomic mass is 32.2. The fourth-order valence-corrected chi connectivity index (χ4v) is 2.77. The van der Waals surface area contributed by atoms with Crippen LogP contribution in [0.1, 0.15) is 33.1 Å². The number of hydrogen-bond donors (Lipinski definition) is 0. The molecule has 0 N–H and O–H groups in total. The minimum Gasteiger partial charge on any atom is -0.267 e. The molecular weight excluding hydrogens is 268 g/mol. The largest absolute Gasteiger partial charge is 0.267 e. The van der Waals surface area contributed by atoms with Crippen LogP contribution in [0.5, 0.6) is 0 Å². The molecule has 0 saturated carbocycles. The minimum atomic E-state index is -3.43. The lowest BCUT2D eigenvalue weighted by molar-refractivity contribution is 0.189. The molecule has 104 valence electrons. The maximum Gasteiger partial charge on any atom is 0.264 e. The van der Waals surface area contributed by atoms with Crippen LogP contribution in [-0.4, -0.2) is 41.6 Å². The van der Waals surface area contributed by atoms with Gasteiger partial charge in [-0.1, -0.05) is 0 Å². The van der Waals surface area contributed by atoms with Crippen molar-refractivity contribution < 1.29 is 25.2 Å². The molecule has 0 saturated heterocycles. The highest BCUT2D eigenvalue weighted by molar-refractivity contribution is 7.86. The Morgan fingerprint density at radius 3 is 1.35 bits per heavy atom. The first-order valence-electron chi connectivity index (χ1n) is 5.26. The fraction of sp³-hybridized carbons (Fsp3) is 1.00. The molecule has 2 atom stereocenters. The monoisotopic (exact) mass is 288 g/mol. The third-order valence-corrected chi connectivity index (χ3v) is 3.26. The number of rotatable bonds is 8. The average Bonchev–Trinajstić information content (AvgIpc) is 1.95. The van der Waals surface area contributed by atoms with Crippen LogP contribution in [0.3, 0.4) is 0 Å². The van der Waals surface area contributed by atoms with Crippen molar-refractivity contribution >= 4 is 20.2 Å². The first kappa shape index (κ1) is 16.8. The molecule has 0 aromatic carbocycles. The van der Waals surface area contributed by atoms with Gasteiger partial charge in [0, 0.05) is 0 Å². The maximum absolute atomic E-state index is 10.8. The molecule has 0 aliphatic heterocycles. The van der Waals surface area contributed by atoms with Crippen molar-refractivity contribution in [3.8, 4) is 0 Å². The Labute approximate surface area is 104 Å². The Hall–Kier alpha value is -0.180. The van der Waals surface area contributed by atoms with Gasteiger partial charge in [0.15, 0.2) is 0 Å². The Bertz CT molecular complexity index is 371. The van der Waals surface area contributed by atoms with Gasteiger partial charge in [-0.25, -0.2) is 0 Å². The van der Waals surface area contributed by atoms with E-state index in [-0.39, 0.29) is 0 Å². The molecule has 0 unspecified atom stereocenters. The second-order valence-corrected chi connectivity index (χ2v) is 7.35. The summed E-state index contributed by atoms with van der Waals surface area (Å²) in [6.07, 6.45) is 2.88. The van der Waals surface area contributed by atoms with Crippen LogP contribution < -0.4 is 0 Å². The summed E-state index contributed by atoms with van der Waals surface area (Å²) in [6, 6.07) is 0. The fourth-order valence-electron chi connectivity index (χ4n) is 1.39. The normalized spacial score (nSPS) is 16.7. The highest BCUT2D eigenvalue weighted by Crippen LogP contribution is 2.11. The first-order valence-corrected chi connectivity index (χ1v) is 8.89.